The number of amides is 3. The minimum absolute atomic E-state index is 0.148. The number of anilines is 1. The first-order chi connectivity index (χ1) is 12.2. The molecule has 2 heterocycles. The van der Waals surface area contributed by atoms with Gasteiger partial charge >= 0.3 is 6.09 Å². The van der Waals surface area contributed by atoms with Gasteiger partial charge in [-0.15, -0.1) is 0 Å². The fourth-order valence-electron chi connectivity index (χ4n) is 2.62. The zero-order valence-corrected chi connectivity index (χ0v) is 15.7. The fourth-order valence-corrected chi connectivity index (χ4v) is 2.62. The number of carbonyl (C=O) groups excluding carboxylic acids is 3. The zero-order chi connectivity index (χ0) is 19.3. The molecule has 8 nitrogen and oxygen atoms in total. The van der Waals surface area contributed by atoms with Crippen LogP contribution in [0.2, 0.25) is 0 Å². The molecule has 8 heteroatoms. The maximum Gasteiger partial charge on any atom is 0.410 e. The van der Waals surface area contributed by atoms with Crippen LogP contribution in [0.5, 0.6) is 0 Å². The molecule has 0 aliphatic carbocycles. The Morgan fingerprint density at radius 2 is 1.77 bits per heavy atom. The van der Waals surface area contributed by atoms with Crippen LogP contribution >= 0.6 is 0 Å². The van der Waals surface area contributed by atoms with Gasteiger partial charge in [0.2, 0.25) is 5.91 Å². The second-order valence-corrected chi connectivity index (χ2v) is 7.22. The Morgan fingerprint density at radius 1 is 1.12 bits per heavy atom. The maximum atomic E-state index is 12.7. The van der Waals surface area contributed by atoms with Crippen molar-refractivity contribution in [3.63, 3.8) is 0 Å². The number of nitrogens with zero attached hydrogens (tertiary/aromatic N) is 3. The number of hydrogen-bond acceptors (Lipinski definition) is 5. The molecule has 1 aromatic rings. The monoisotopic (exact) mass is 362 g/mol. The SMILES string of the molecule is CC(=O)Nc1cc(C(=O)N2CCCN(C(=O)OC(C)(C)C)CC2)ccn1. The summed E-state index contributed by atoms with van der Waals surface area (Å²) < 4.78 is 5.40. The molecule has 2 rings (SSSR count). The average Bonchev–Trinajstić information content (AvgIpc) is 2.78. The van der Waals surface area contributed by atoms with Crippen LogP contribution in [0.25, 0.3) is 0 Å². The summed E-state index contributed by atoms with van der Waals surface area (Å²) in [5.74, 6) is -0.0523. The van der Waals surface area contributed by atoms with Crippen LogP contribution in [0.1, 0.15) is 44.5 Å². The van der Waals surface area contributed by atoms with Crippen molar-refractivity contribution in [2.45, 2.75) is 39.7 Å². The minimum Gasteiger partial charge on any atom is -0.444 e. The van der Waals surface area contributed by atoms with E-state index >= 15 is 0 Å². The molecule has 1 saturated heterocycles. The lowest BCUT2D eigenvalue weighted by Crippen LogP contribution is -2.40. The van der Waals surface area contributed by atoms with Crippen LogP contribution in [-0.4, -0.2) is 64.5 Å². The number of pyridine rings is 1. The summed E-state index contributed by atoms with van der Waals surface area (Å²) in [5.41, 5.74) is -0.0924. The Morgan fingerprint density at radius 3 is 2.42 bits per heavy atom. The molecule has 1 fully saturated rings. The Hall–Kier alpha value is -2.64. The predicted octanol–water partition coefficient (Wildman–Crippen LogP) is 2.12. The lowest BCUT2D eigenvalue weighted by atomic mass is 10.2. The Kier molecular flexibility index (Phi) is 6.18. The Labute approximate surface area is 153 Å². The van der Waals surface area contributed by atoms with Gasteiger partial charge in [-0.05, 0) is 39.3 Å². The van der Waals surface area contributed by atoms with Crippen molar-refractivity contribution in [2.24, 2.45) is 0 Å². The highest BCUT2D eigenvalue weighted by molar-refractivity contribution is 5.96. The summed E-state index contributed by atoms with van der Waals surface area (Å²) >= 11 is 0. The summed E-state index contributed by atoms with van der Waals surface area (Å²) in [4.78, 5) is 43.5. The number of hydrogen-bond donors (Lipinski definition) is 1. The van der Waals surface area contributed by atoms with E-state index in [1.54, 1.807) is 21.9 Å². The molecule has 1 aromatic heterocycles. The quantitative estimate of drug-likeness (QED) is 0.870. The van der Waals surface area contributed by atoms with Gasteiger partial charge in [-0.3, -0.25) is 9.59 Å². The van der Waals surface area contributed by atoms with Crippen molar-refractivity contribution in [1.82, 2.24) is 14.8 Å². The van der Waals surface area contributed by atoms with Crippen LogP contribution in [-0.2, 0) is 9.53 Å². The van der Waals surface area contributed by atoms with E-state index in [0.29, 0.717) is 44.0 Å². The molecule has 1 aliphatic rings. The molecule has 0 radical (unpaired) electrons. The molecule has 0 atom stereocenters. The number of rotatable bonds is 2. The molecule has 0 bridgehead atoms. The van der Waals surface area contributed by atoms with Gasteiger partial charge < -0.3 is 19.9 Å². The van der Waals surface area contributed by atoms with E-state index in [4.69, 9.17) is 4.74 Å². The van der Waals surface area contributed by atoms with Crippen molar-refractivity contribution in [3.8, 4) is 0 Å². The normalized spacial score (nSPS) is 15.2. The third kappa shape index (κ3) is 5.72. The zero-order valence-electron chi connectivity index (χ0n) is 15.7. The number of aromatic nitrogens is 1. The second-order valence-electron chi connectivity index (χ2n) is 7.22. The lowest BCUT2D eigenvalue weighted by molar-refractivity contribution is -0.114. The van der Waals surface area contributed by atoms with Crippen LogP contribution in [0.4, 0.5) is 10.6 Å². The summed E-state index contributed by atoms with van der Waals surface area (Å²) in [6.07, 6.45) is 1.81. The molecule has 0 unspecified atom stereocenters. The van der Waals surface area contributed by atoms with E-state index in [1.807, 2.05) is 20.8 Å². The molecule has 0 saturated carbocycles. The van der Waals surface area contributed by atoms with Gasteiger partial charge in [0, 0.05) is 44.9 Å². The van der Waals surface area contributed by atoms with Crippen molar-refractivity contribution in [2.75, 3.05) is 31.5 Å². The molecule has 0 aromatic carbocycles. The van der Waals surface area contributed by atoms with E-state index < -0.39 is 5.60 Å². The second kappa shape index (κ2) is 8.16. The summed E-state index contributed by atoms with van der Waals surface area (Å²) in [6, 6.07) is 3.17. The summed E-state index contributed by atoms with van der Waals surface area (Å²) in [7, 11) is 0. The Bertz CT molecular complexity index is 684. The van der Waals surface area contributed by atoms with Gasteiger partial charge in [0.05, 0.1) is 0 Å². The molecular weight excluding hydrogens is 336 g/mol. The molecule has 1 N–H and O–H groups in total. The minimum atomic E-state index is -0.546. The first-order valence-electron chi connectivity index (χ1n) is 8.66. The van der Waals surface area contributed by atoms with E-state index in [2.05, 4.69) is 10.3 Å². The molecule has 1 aliphatic heterocycles. The van der Waals surface area contributed by atoms with Gasteiger partial charge in [0.15, 0.2) is 0 Å². The summed E-state index contributed by atoms with van der Waals surface area (Å²) in [6.45, 7) is 8.82. The topological polar surface area (TPSA) is 91.8 Å². The lowest BCUT2D eigenvalue weighted by Gasteiger charge is -2.26. The van der Waals surface area contributed by atoms with Gasteiger partial charge in [-0.2, -0.15) is 0 Å². The van der Waals surface area contributed by atoms with Crippen molar-refractivity contribution in [1.29, 1.82) is 0 Å². The Balaban J connectivity index is 2.01. The molecule has 0 spiro atoms. The number of carbonyl (C=O) groups is 3. The molecule has 142 valence electrons. The van der Waals surface area contributed by atoms with Crippen molar-refractivity contribution in [3.05, 3.63) is 23.9 Å². The first kappa shape index (κ1) is 19.7. The van der Waals surface area contributed by atoms with Crippen LogP contribution < -0.4 is 5.32 Å². The first-order valence-corrected chi connectivity index (χ1v) is 8.66. The maximum absolute atomic E-state index is 12.7. The largest absolute Gasteiger partial charge is 0.444 e. The van der Waals surface area contributed by atoms with E-state index in [0.717, 1.165) is 0 Å². The van der Waals surface area contributed by atoms with Gasteiger partial charge in [0.25, 0.3) is 5.91 Å². The average molecular weight is 362 g/mol. The molecular formula is C18H26N4O4. The van der Waals surface area contributed by atoms with Gasteiger partial charge in [-0.25, -0.2) is 9.78 Å². The smallest absolute Gasteiger partial charge is 0.410 e. The highest BCUT2D eigenvalue weighted by atomic mass is 16.6. The predicted molar refractivity (Wildman–Crippen MR) is 96.9 cm³/mol. The van der Waals surface area contributed by atoms with Crippen LogP contribution in [0.15, 0.2) is 18.3 Å². The third-order valence-corrected chi connectivity index (χ3v) is 3.75. The van der Waals surface area contributed by atoms with Crippen molar-refractivity contribution >= 4 is 23.7 Å². The number of ether oxygens (including phenoxy) is 1. The van der Waals surface area contributed by atoms with E-state index in [-0.39, 0.29) is 17.9 Å². The molecule has 3 amide bonds. The standard InChI is InChI=1S/C18H26N4O4/c1-13(23)20-15-12-14(6-7-19-15)16(24)21-8-5-9-22(11-10-21)17(25)26-18(2,3)4/h6-7,12H,5,8-11H2,1-4H3,(H,19,20,23). The van der Waals surface area contributed by atoms with Gasteiger partial charge in [-0.1, -0.05) is 0 Å². The van der Waals surface area contributed by atoms with E-state index in [9.17, 15) is 14.4 Å². The van der Waals surface area contributed by atoms with Crippen LogP contribution in [0.3, 0.4) is 0 Å². The van der Waals surface area contributed by atoms with Crippen LogP contribution in [0, 0.1) is 0 Å². The third-order valence-electron chi connectivity index (χ3n) is 3.75. The highest BCUT2D eigenvalue weighted by Gasteiger charge is 2.26. The summed E-state index contributed by atoms with van der Waals surface area (Å²) in [5, 5.41) is 2.57. The van der Waals surface area contributed by atoms with Crippen molar-refractivity contribution < 1.29 is 19.1 Å². The number of nitrogens with one attached hydrogen (secondary N) is 1. The van der Waals surface area contributed by atoms with Gasteiger partial charge in [0.1, 0.15) is 11.4 Å². The molecule has 26 heavy (non-hydrogen) atoms. The van der Waals surface area contributed by atoms with E-state index in [1.165, 1.54) is 13.1 Å². The highest BCUT2D eigenvalue weighted by Crippen LogP contribution is 2.15. The fraction of sp³-hybridized carbons (Fsp3) is 0.556.